The van der Waals surface area contributed by atoms with Crippen LogP contribution in [0.1, 0.15) is 27.2 Å². The van der Waals surface area contributed by atoms with Gasteiger partial charge in [-0.25, -0.2) is 0 Å². The summed E-state index contributed by atoms with van der Waals surface area (Å²) in [5, 5.41) is 19.3. The molecule has 0 aliphatic carbocycles. The summed E-state index contributed by atoms with van der Waals surface area (Å²) in [5.41, 5.74) is -0.986. The summed E-state index contributed by atoms with van der Waals surface area (Å²) >= 11 is 0. The van der Waals surface area contributed by atoms with Gasteiger partial charge in [-0.3, -0.25) is 4.79 Å². The number of nitrogens with zero attached hydrogens (tertiary/aromatic N) is 1. The first-order valence-corrected chi connectivity index (χ1v) is 4.61. The first-order chi connectivity index (χ1) is 6.85. The van der Waals surface area contributed by atoms with Gasteiger partial charge in [-0.1, -0.05) is 13.8 Å². The van der Waals surface area contributed by atoms with Gasteiger partial charge < -0.3 is 14.6 Å². The van der Waals surface area contributed by atoms with Gasteiger partial charge in [0.05, 0.1) is 12.7 Å². The molecule has 15 heavy (non-hydrogen) atoms. The minimum atomic E-state index is -1.29. The van der Waals surface area contributed by atoms with Crippen LogP contribution in [0.3, 0.4) is 0 Å². The molecule has 0 radical (unpaired) electrons. The van der Waals surface area contributed by atoms with Crippen LogP contribution in [0.5, 0.6) is 0 Å². The van der Waals surface area contributed by atoms with E-state index in [1.165, 1.54) is 13.8 Å². The second-order valence-corrected chi connectivity index (χ2v) is 3.85. The molecule has 0 aliphatic heterocycles. The van der Waals surface area contributed by atoms with Gasteiger partial charge in [0, 0.05) is 5.97 Å². The predicted octanol–water partition coefficient (Wildman–Crippen LogP) is -0.145. The number of carboxylic acid groups (broad SMARTS) is 1. The average Bonchev–Trinajstić information content (AvgIpc) is 2.01. The summed E-state index contributed by atoms with van der Waals surface area (Å²) in [5.74, 6) is -3.06. The van der Waals surface area contributed by atoms with E-state index in [2.05, 4.69) is 4.74 Å². The maximum Gasteiger partial charge on any atom is 0.323 e. The number of carbonyl (C=O) groups is 2. The van der Waals surface area contributed by atoms with E-state index in [-0.39, 0.29) is 13.0 Å². The number of aliphatic carboxylic acids is 1. The highest BCUT2D eigenvalue weighted by Crippen LogP contribution is 2.30. The van der Waals surface area contributed by atoms with Gasteiger partial charge in [-0.2, -0.15) is 5.26 Å². The molecule has 84 valence electrons. The average molecular weight is 212 g/mol. The number of carboxylic acids is 1. The lowest BCUT2D eigenvalue weighted by Gasteiger charge is -2.28. The highest BCUT2D eigenvalue weighted by Gasteiger charge is 2.36. The number of carbonyl (C=O) groups excluding carboxylic acids is 2. The number of ether oxygens (including phenoxy) is 1. The summed E-state index contributed by atoms with van der Waals surface area (Å²) in [6.45, 7) is 4.83. The number of nitriles is 1. The monoisotopic (exact) mass is 212 g/mol. The Kier molecular flexibility index (Phi) is 4.79. The van der Waals surface area contributed by atoms with E-state index < -0.39 is 23.3 Å². The fraction of sp³-hybridized carbons (Fsp3) is 0.700. The Bertz CT molecular complexity index is 290. The normalized spacial score (nSPS) is 12.7. The molecule has 0 saturated heterocycles. The lowest BCUT2D eigenvalue weighted by molar-refractivity contribution is -0.308. The third-order valence-electron chi connectivity index (χ3n) is 2.03. The molecular formula is C10H14NO4-. The van der Waals surface area contributed by atoms with Crippen LogP contribution in [0, 0.1) is 22.7 Å². The highest BCUT2D eigenvalue weighted by atomic mass is 16.5. The van der Waals surface area contributed by atoms with Crippen LogP contribution in [0.4, 0.5) is 0 Å². The molecule has 5 heteroatoms. The SMILES string of the molecule is CCOC(=O)C(C#N)C(C)(C)CC(=O)[O-]. The minimum Gasteiger partial charge on any atom is -0.550 e. The number of hydrogen-bond donors (Lipinski definition) is 0. The maximum absolute atomic E-state index is 11.3. The zero-order chi connectivity index (χ0) is 12.1. The van der Waals surface area contributed by atoms with Crippen molar-refractivity contribution in [3.63, 3.8) is 0 Å². The Hall–Kier alpha value is -1.57. The van der Waals surface area contributed by atoms with Crippen molar-refractivity contribution >= 4 is 11.9 Å². The summed E-state index contributed by atoms with van der Waals surface area (Å²) < 4.78 is 4.69. The van der Waals surface area contributed by atoms with E-state index in [1.807, 2.05) is 0 Å². The van der Waals surface area contributed by atoms with E-state index in [4.69, 9.17) is 5.26 Å². The van der Waals surface area contributed by atoms with Crippen LogP contribution in [-0.4, -0.2) is 18.5 Å². The minimum absolute atomic E-state index is 0.165. The van der Waals surface area contributed by atoms with Gasteiger partial charge in [-0.15, -0.1) is 0 Å². The molecule has 0 bridgehead atoms. The summed E-state index contributed by atoms with van der Waals surface area (Å²) in [7, 11) is 0. The van der Waals surface area contributed by atoms with Crippen molar-refractivity contribution in [2.75, 3.05) is 6.61 Å². The van der Waals surface area contributed by atoms with E-state index in [0.717, 1.165) is 0 Å². The first kappa shape index (κ1) is 13.4. The van der Waals surface area contributed by atoms with Gasteiger partial charge >= 0.3 is 5.97 Å². The maximum atomic E-state index is 11.3. The molecule has 0 N–H and O–H groups in total. The van der Waals surface area contributed by atoms with Crippen LogP contribution in [0.15, 0.2) is 0 Å². The third-order valence-corrected chi connectivity index (χ3v) is 2.03. The first-order valence-electron chi connectivity index (χ1n) is 4.61. The van der Waals surface area contributed by atoms with Crippen LogP contribution >= 0.6 is 0 Å². The summed E-state index contributed by atoms with van der Waals surface area (Å²) in [6, 6.07) is 1.77. The third kappa shape index (κ3) is 3.98. The molecule has 0 aromatic carbocycles. The van der Waals surface area contributed by atoms with Gasteiger partial charge in [-0.05, 0) is 18.8 Å². The van der Waals surface area contributed by atoms with Gasteiger partial charge in [0.1, 0.15) is 5.92 Å². The molecule has 0 saturated carbocycles. The smallest absolute Gasteiger partial charge is 0.323 e. The van der Waals surface area contributed by atoms with Crippen molar-refractivity contribution in [3.05, 3.63) is 0 Å². The van der Waals surface area contributed by atoms with Crippen LogP contribution in [-0.2, 0) is 14.3 Å². The molecule has 0 fully saturated rings. The van der Waals surface area contributed by atoms with Gasteiger partial charge in [0.15, 0.2) is 0 Å². The van der Waals surface area contributed by atoms with E-state index in [0.29, 0.717) is 0 Å². The number of esters is 1. The Balaban J connectivity index is 4.73. The van der Waals surface area contributed by atoms with Crippen molar-refractivity contribution in [2.24, 2.45) is 11.3 Å². The number of rotatable bonds is 5. The molecule has 0 amide bonds. The summed E-state index contributed by atoms with van der Waals surface area (Å²) in [4.78, 5) is 21.8. The molecule has 0 spiro atoms. The van der Waals surface area contributed by atoms with Gasteiger partial charge in [0.2, 0.25) is 0 Å². The van der Waals surface area contributed by atoms with E-state index >= 15 is 0 Å². The Morgan fingerprint density at radius 2 is 2.07 bits per heavy atom. The van der Waals surface area contributed by atoms with E-state index in [1.54, 1.807) is 13.0 Å². The Labute approximate surface area is 88.6 Å². The Morgan fingerprint density at radius 1 is 1.53 bits per heavy atom. The topological polar surface area (TPSA) is 90.2 Å². The highest BCUT2D eigenvalue weighted by molar-refractivity contribution is 5.77. The zero-order valence-corrected chi connectivity index (χ0v) is 9.07. The second kappa shape index (κ2) is 5.35. The van der Waals surface area contributed by atoms with Crippen LogP contribution in [0.25, 0.3) is 0 Å². The van der Waals surface area contributed by atoms with Crippen molar-refractivity contribution in [3.8, 4) is 6.07 Å². The molecular weight excluding hydrogens is 198 g/mol. The molecule has 0 rings (SSSR count). The molecule has 1 unspecified atom stereocenters. The lowest BCUT2D eigenvalue weighted by Crippen LogP contribution is -2.37. The molecule has 0 aliphatic rings. The van der Waals surface area contributed by atoms with Crippen molar-refractivity contribution in [1.82, 2.24) is 0 Å². The van der Waals surface area contributed by atoms with Crippen LogP contribution in [0.2, 0.25) is 0 Å². The summed E-state index contributed by atoms with van der Waals surface area (Å²) in [6.07, 6.45) is -0.357. The van der Waals surface area contributed by atoms with Crippen LogP contribution < -0.4 is 5.11 Å². The van der Waals surface area contributed by atoms with Crippen molar-refractivity contribution < 1.29 is 19.4 Å². The fourth-order valence-corrected chi connectivity index (χ4v) is 1.25. The molecule has 1 atom stereocenters. The van der Waals surface area contributed by atoms with E-state index in [9.17, 15) is 14.7 Å². The quantitative estimate of drug-likeness (QED) is 0.591. The lowest BCUT2D eigenvalue weighted by atomic mass is 9.77. The largest absolute Gasteiger partial charge is 0.550 e. The Morgan fingerprint density at radius 3 is 2.40 bits per heavy atom. The number of hydrogen-bond acceptors (Lipinski definition) is 5. The standard InChI is InChI=1S/C10H15NO4/c1-4-15-9(14)7(6-11)10(2,3)5-8(12)13/h7H,4-5H2,1-3H3,(H,12,13)/p-1. The molecule has 0 aromatic heterocycles. The zero-order valence-electron chi connectivity index (χ0n) is 9.07. The fourth-order valence-electron chi connectivity index (χ4n) is 1.25. The van der Waals surface area contributed by atoms with Crippen molar-refractivity contribution in [2.45, 2.75) is 27.2 Å². The second-order valence-electron chi connectivity index (χ2n) is 3.85. The van der Waals surface area contributed by atoms with Gasteiger partial charge in [0.25, 0.3) is 0 Å². The molecule has 0 heterocycles. The van der Waals surface area contributed by atoms with Crippen molar-refractivity contribution in [1.29, 1.82) is 5.26 Å². The predicted molar refractivity (Wildman–Crippen MR) is 49.1 cm³/mol. The molecule has 5 nitrogen and oxygen atoms in total. The molecule has 0 aromatic rings.